The molecule has 0 fully saturated rings. The van der Waals surface area contributed by atoms with Crippen LogP contribution in [0.4, 0.5) is 15.8 Å². The molecule has 0 radical (unpaired) electrons. The van der Waals surface area contributed by atoms with Crippen molar-refractivity contribution in [1.82, 2.24) is 9.97 Å². The lowest BCUT2D eigenvalue weighted by molar-refractivity contribution is 0.415. The van der Waals surface area contributed by atoms with E-state index in [-0.39, 0.29) is 5.82 Å². The molecule has 0 spiro atoms. The lowest BCUT2D eigenvalue weighted by atomic mass is 10.1. The third-order valence-corrected chi connectivity index (χ3v) is 4.43. The maximum Gasteiger partial charge on any atom is 0.160 e. The van der Waals surface area contributed by atoms with Gasteiger partial charge in [0.25, 0.3) is 0 Å². The van der Waals surface area contributed by atoms with Crippen molar-refractivity contribution in [3.05, 3.63) is 77.8 Å². The average molecular weight is 380 g/mol. The van der Waals surface area contributed by atoms with E-state index in [2.05, 4.69) is 15.3 Å². The van der Waals surface area contributed by atoms with Gasteiger partial charge in [0.05, 0.1) is 35.9 Å². The second kappa shape index (κ2) is 7.21. The Kier molecular flexibility index (Phi) is 4.60. The van der Waals surface area contributed by atoms with Gasteiger partial charge in [0.15, 0.2) is 5.75 Å². The molecule has 0 atom stereocenters. The lowest BCUT2D eigenvalue weighted by Gasteiger charge is -2.14. The number of nitrogens with one attached hydrogen (secondary N) is 1. The molecule has 4 aromatic rings. The molecule has 134 valence electrons. The predicted octanol–water partition coefficient (Wildman–Crippen LogP) is 5.84. The van der Waals surface area contributed by atoms with Gasteiger partial charge in [-0.05, 0) is 36.4 Å². The molecule has 2 aromatic heterocycles. The average Bonchev–Trinajstić information content (AvgIpc) is 2.70. The highest BCUT2D eigenvalue weighted by Gasteiger charge is 2.13. The van der Waals surface area contributed by atoms with E-state index in [1.807, 2.05) is 30.3 Å². The molecule has 6 heteroatoms. The van der Waals surface area contributed by atoms with Gasteiger partial charge in [-0.25, -0.2) is 9.37 Å². The summed E-state index contributed by atoms with van der Waals surface area (Å²) >= 11 is 6.06. The van der Waals surface area contributed by atoms with Crippen LogP contribution in [0.5, 0.6) is 5.75 Å². The number of pyridine rings is 2. The van der Waals surface area contributed by atoms with Crippen molar-refractivity contribution >= 4 is 33.9 Å². The number of halogens is 2. The van der Waals surface area contributed by atoms with Crippen LogP contribution in [0.2, 0.25) is 5.02 Å². The fourth-order valence-corrected chi connectivity index (χ4v) is 3.07. The summed E-state index contributed by atoms with van der Waals surface area (Å²) < 4.78 is 19.7. The minimum Gasteiger partial charge on any atom is -0.493 e. The molecule has 4 rings (SSSR count). The normalized spacial score (nSPS) is 10.8. The number of nitrogens with zero attached hydrogens (tertiary/aromatic N) is 2. The van der Waals surface area contributed by atoms with Crippen LogP contribution >= 0.6 is 11.6 Å². The summed E-state index contributed by atoms with van der Waals surface area (Å²) in [6.45, 7) is 0. The molecule has 2 aromatic carbocycles. The maximum absolute atomic E-state index is 14.4. The Morgan fingerprint density at radius 3 is 2.74 bits per heavy atom. The van der Waals surface area contributed by atoms with Gasteiger partial charge in [-0.3, -0.25) is 4.98 Å². The van der Waals surface area contributed by atoms with Gasteiger partial charge in [-0.2, -0.15) is 0 Å². The third-order valence-electron chi connectivity index (χ3n) is 4.19. The molecule has 0 aliphatic carbocycles. The van der Waals surface area contributed by atoms with Crippen LogP contribution in [-0.4, -0.2) is 17.1 Å². The molecule has 4 nitrogen and oxygen atoms in total. The number of ether oxygens (including phenoxy) is 1. The molecular weight excluding hydrogens is 365 g/mol. The molecule has 0 aliphatic rings. The van der Waals surface area contributed by atoms with Crippen LogP contribution in [0.1, 0.15) is 0 Å². The summed E-state index contributed by atoms with van der Waals surface area (Å²) in [6.07, 6.45) is 3.30. The molecule has 27 heavy (non-hydrogen) atoms. The van der Waals surface area contributed by atoms with Crippen LogP contribution < -0.4 is 10.1 Å². The van der Waals surface area contributed by atoms with Gasteiger partial charge < -0.3 is 10.1 Å². The molecule has 0 bridgehead atoms. The number of methoxy groups -OCH3 is 1. The quantitative estimate of drug-likeness (QED) is 0.483. The largest absolute Gasteiger partial charge is 0.493 e. The number of anilines is 2. The number of aromatic nitrogens is 2. The first-order valence-electron chi connectivity index (χ1n) is 8.26. The maximum atomic E-state index is 14.4. The van der Waals surface area contributed by atoms with Gasteiger partial charge in [0.2, 0.25) is 0 Å². The van der Waals surface area contributed by atoms with Crippen molar-refractivity contribution in [1.29, 1.82) is 0 Å². The molecule has 0 aliphatic heterocycles. The van der Waals surface area contributed by atoms with Crippen LogP contribution in [0, 0.1) is 5.82 Å². The van der Waals surface area contributed by atoms with Gasteiger partial charge in [-0.15, -0.1) is 0 Å². The fourth-order valence-electron chi connectivity index (χ4n) is 2.90. The Hall–Kier alpha value is -3.18. The van der Waals surface area contributed by atoms with Crippen molar-refractivity contribution in [2.24, 2.45) is 0 Å². The Labute approximate surface area is 160 Å². The highest BCUT2D eigenvalue weighted by Crippen LogP contribution is 2.34. The summed E-state index contributed by atoms with van der Waals surface area (Å²) in [7, 11) is 1.58. The Balaban J connectivity index is 1.90. The van der Waals surface area contributed by atoms with Crippen molar-refractivity contribution in [2.75, 3.05) is 12.4 Å². The molecule has 0 saturated heterocycles. The van der Waals surface area contributed by atoms with Gasteiger partial charge in [-0.1, -0.05) is 29.8 Å². The first kappa shape index (κ1) is 17.2. The summed E-state index contributed by atoms with van der Waals surface area (Å²) in [6, 6.07) is 15.7. The standard InChI is InChI=1S/C21H15ClFN3O/c1-27-21-12-24-9-8-18(21)26-19-11-20(15-10-13(22)6-7-16(15)23)25-17-5-3-2-4-14(17)19/h2-12H,1H3,(H,24,25,26). The second-order valence-electron chi connectivity index (χ2n) is 5.90. The molecule has 0 amide bonds. The zero-order valence-corrected chi connectivity index (χ0v) is 15.2. The highest BCUT2D eigenvalue weighted by molar-refractivity contribution is 6.30. The summed E-state index contributed by atoms with van der Waals surface area (Å²) in [5.41, 5.74) is 3.10. The van der Waals surface area contributed by atoms with E-state index in [0.29, 0.717) is 22.0 Å². The minimum absolute atomic E-state index is 0.345. The summed E-state index contributed by atoms with van der Waals surface area (Å²) in [5, 5.41) is 4.71. The smallest absolute Gasteiger partial charge is 0.160 e. The van der Waals surface area contributed by atoms with Gasteiger partial charge in [0.1, 0.15) is 5.82 Å². The van der Waals surface area contributed by atoms with E-state index in [0.717, 1.165) is 22.3 Å². The van der Waals surface area contributed by atoms with E-state index in [1.54, 1.807) is 31.6 Å². The number of fused-ring (bicyclic) bond motifs is 1. The topological polar surface area (TPSA) is 47.0 Å². The molecule has 0 saturated carbocycles. The number of hydrogen-bond donors (Lipinski definition) is 1. The number of benzene rings is 2. The van der Waals surface area contributed by atoms with Gasteiger partial charge >= 0.3 is 0 Å². The van der Waals surface area contributed by atoms with Crippen molar-refractivity contribution in [3.63, 3.8) is 0 Å². The Morgan fingerprint density at radius 2 is 1.89 bits per heavy atom. The van der Waals surface area contributed by atoms with E-state index in [4.69, 9.17) is 16.3 Å². The van der Waals surface area contributed by atoms with E-state index >= 15 is 0 Å². The monoisotopic (exact) mass is 379 g/mol. The van der Waals surface area contributed by atoms with E-state index < -0.39 is 0 Å². The highest BCUT2D eigenvalue weighted by atomic mass is 35.5. The number of rotatable bonds is 4. The van der Waals surface area contributed by atoms with Crippen LogP contribution in [0.25, 0.3) is 22.2 Å². The van der Waals surface area contributed by atoms with E-state index in [1.165, 1.54) is 12.1 Å². The van der Waals surface area contributed by atoms with E-state index in [9.17, 15) is 4.39 Å². The van der Waals surface area contributed by atoms with Crippen LogP contribution in [0.3, 0.4) is 0 Å². The Bertz CT molecular complexity index is 1130. The molecule has 1 N–H and O–H groups in total. The molecule has 0 unspecified atom stereocenters. The molecule has 2 heterocycles. The first-order chi connectivity index (χ1) is 13.2. The first-order valence-corrected chi connectivity index (χ1v) is 8.64. The predicted molar refractivity (Wildman–Crippen MR) is 106 cm³/mol. The minimum atomic E-state index is -0.380. The number of para-hydroxylation sites is 1. The van der Waals surface area contributed by atoms with Crippen molar-refractivity contribution < 1.29 is 9.13 Å². The zero-order valence-electron chi connectivity index (χ0n) is 14.4. The van der Waals surface area contributed by atoms with Crippen molar-refractivity contribution in [2.45, 2.75) is 0 Å². The third kappa shape index (κ3) is 3.41. The molecular formula is C21H15ClFN3O. The van der Waals surface area contributed by atoms with Crippen LogP contribution in [0.15, 0.2) is 67.0 Å². The summed E-state index contributed by atoms with van der Waals surface area (Å²) in [5.74, 6) is 0.225. The number of hydrogen-bond acceptors (Lipinski definition) is 4. The fraction of sp³-hybridized carbons (Fsp3) is 0.0476. The van der Waals surface area contributed by atoms with Crippen LogP contribution in [-0.2, 0) is 0 Å². The lowest BCUT2D eigenvalue weighted by Crippen LogP contribution is -1.98. The zero-order chi connectivity index (χ0) is 18.8. The second-order valence-corrected chi connectivity index (χ2v) is 6.33. The SMILES string of the molecule is COc1cnccc1Nc1cc(-c2cc(Cl)ccc2F)nc2ccccc12. The van der Waals surface area contributed by atoms with Gasteiger partial charge in [0, 0.05) is 22.2 Å². The summed E-state index contributed by atoms with van der Waals surface area (Å²) in [4.78, 5) is 8.68. The Morgan fingerprint density at radius 1 is 1.04 bits per heavy atom. The van der Waals surface area contributed by atoms with Crippen molar-refractivity contribution in [3.8, 4) is 17.0 Å².